The number of β-lactam (4-membered cyclic amide) rings is 1. The van der Waals surface area contributed by atoms with Gasteiger partial charge in [0, 0.05) is 36.5 Å². The second-order valence-corrected chi connectivity index (χ2v) is 11.5. The van der Waals surface area contributed by atoms with Crippen LogP contribution in [0.15, 0.2) is 57.7 Å². The van der Waals surface area contributed by atoms with Crippen LogP contribution in [0.1, 0.15) is 29.1 Å². The van der Waals surface area contributed by atoms with Gasteiger partial charge >= 0.3 is 35.5 Å². The maximum atomic E-state index is 13.5. The van der Waals surface area contributed by atoms with E-state index in [9.17, 15) is 34.2 Å². The molecule has 2 aliphatic heterocycles. The van der Waals surface area contributed by atoms with E-state index < -0.39 is 46.6 Å². The summed E-state index contributed by atoms with van der Waals surface area (Å²) in [6, 6.07) is 4.35. The second kappa shape index (κ2) is 13.3. The molecule has 0 unspecified atom stereocenters. The number of benzene rings is 1. The number of nitrogens with zero attached hydrogens (tertiary/aromatic N) is 5. The number of carboxylic acid groups (broad SMARTS) is 1. The second-order valence-electron chi connectivity index (χ2n) is 9.42. The van der Waals surface area contributed by atoms with E-state index in [1.807, 2.05) is 0 Å². The average Bonchev–Trinajstić information content (AvgIpc) is 3.37. The number of fused-ring (bicyclic) bond motifs is 1. The van der Waals surface area contributed by atoms with Gasteiger partial charge in [0.15, 0.2) is 5.43 Å². The Morgan fingerprint density at radius 2 is 1.98 bits per heavy atom. The number of rotatable bonds is 9. The van der Waals surface area contributed by atoms with Gasteiger partial charge in [-0.2, -0.15) is 0 Å². The Labute approximate surface area is 275 Å². The number of thioether (sulfide) groups is 2. The Morgan fingerprint density at radius 1 is 1.26 bits per heavy atom. The number of amides is 3. The van der Waals surface area contributed by atoms with Gasteiger partial charge in [0.2, 0.25) is 11.1 Å². The van der Waals surface area contributed by atoms with Crippen molar-refractivity contribution in [1.29, 1.82) is 0 Å². The zero-order valence-electron chi connectivity index (χ0n) is 24.1. The van der Waals surface area contributed by atoms with Crippen molar-refractivity contribution >= 4 is 47.2 Å². The molecule has 43 heavy (non-hydrogen) atoms. The summed E-state index contributed by atoms with van der Waals surface area (Å²) in [5, 5.41) is 35.8. The zero-order valence-corrected chi connectivity index (χ0v) is 26.7. The van der Waals surface area contributed by atoms with Gasteiger partial charge in [-0.1, -0.05) is 23.9 Å². The van der Waals surface area contributed by atoms with Crippen molar-refractivity contribution in [2.45, 2.75) is 29.5 Å². The molecule has 18 heteroatoms. The van der Waals surface area contributed by atoms with Crippen molar-refractivity contribution in [2.24, 2.45) is 7.05 Å². The first-order chi connectivity index (χ1) is 20.0. The van der Waals surface area contributed by atoms with Gasteiger partial charge < -0.3 is 27.3 Å². The standard InChI is InChI=1S/C25H24N8O7S2.Na.H/c1-11-7-16(35)15(8-26-11)20(36)27-17(12-3-5-14(34)6-4-12)21(37)28-18-22(38)33-19(24(39)40)13(9-41-23(18)33)10-42-25-29-30-31-32(25)2;;/h3-8,17-18,23,34H,9-10H2,1-2H3,(H,26,35)(H,27,36)(H,28,37)(H,39,40);;/q;+1;-1/t17-,18-,23-;;/m1../s1. The molecular formula is C25H25N8NaO7S2. The molecule has 2 aromatic heterocycles. The first-order valence-corrected chi connectivity index (χ1v) is 14.4. The van der Waals surface area contributed by atoms with E-state index in [2.05, 4.69) is 31.1 Å². The van der Waals surface area contributed by atoms with Crippen molar-refractivity contribution in [3.05, 3.63) is 74.8 Å². The summed E-state index contributed by atoms with van der Waals surface area (Å²) in [5.41, 5.74) is 0.417. The van der Waals surface area contributed by atoms with Gasteiger partial charge in [-0.3, -0.25) is 24.1 Å². The SMILES string of the molecule is Cc1cc(=O)c(C(=O)N[C@@H](C(=O)N[C@@H]2C(=O)N3C(C(=O)O)=C(CSc4nnnn4C)CS[C@H]23)c2ccc(O)cc2)c[nH]1.[H-].[Na+]. The molecule has 5 rings (SSSR count). The number of aryl methyl sites for hydroxylation is 2. The van der Waals surface area contributed by atoms with Crippen LogP contribution in [0, 0.1) is 6.92 Å². The third kappa shape index (κ3) is 6.65. The number of H-pyrrole nitrogens is 1. The molecule has 5 N–H and O–H groups in total. The number of aromatic amines is 1. The molecule has 0 aliphatic carbocycles. The summed E-state index contributed by atoms with van der Waals surface area (Å²) in [6.45, 7) is 1.65. The molecule has 0 spiro atoms. The number of phenolic OH excluding ortho intramolecular Hbond substituents is 1. The Kier molecular flexibility index (Phi) is 10.0. The third-order valence-corrected chi connectivity index (χ3v) is 9.01. The Hall–Kier alpha value is -3.64. The molecule has 3 atom stereocenters. The quantitative estimate of drug-likeness (QED) is 0.0905. The van der Waals surface area contributed by atoms with Crippen LogP contribution in [0.4, 0.5) is 0 Å². The average molecular weight is 637 g/mol. The smallest absolute Gasteiger partial charge is 1.00 e. The monoisotopic (exact) mass is 636 g/mol. The molecule has 3 amide bonds. The summed E-state index contributed by atoms with van der Waals surface area (Å²) < 4.78 is 1.45. The van der Waals surface area contributed by atoms with Gasteiger partial charge in [-0.25, -0.2) is 9.48 Å². The minimum absolute atomic E-state index is 0. The van der Waals surface area contributed by atoms with E-state index in [4.69, 9.17) is 0 Å². The van der Waals surface area contributed by atoms with Crippen LogP contribution in [0.3, 0.4) is 0 Å². The van der Waals surface area contributed by atoms with Crippen LogP contribution in [-0.4, -0.2) is 86.9 Å². The summed E-state index contributed by atoms with van der Waals surface area (Å²) in [4.78, 5) is 68.1. The molecule has 1 fully saturated rings. The van der Waals surface area contributed by atoms with E-state index in [-0.39, 0.29) is 65.1 Å². The maximum Gasteiger partial charge on any atom is 1.00 e. The number of tetrazole rings is 1. The predicted octanol–water partition coefficient (Wildman–Crippen LogP) is -2.97. The Balaban J connectivity index is 0.00000264. The number of pyridine rings is 1. The fraction of sp³-hybridized carbons (Fsp3) is 0.280. The van der Waals surface area contributed by atoms with Crippen LogP contribution in [-0.2, 0) is 21.4 Å². The Bertz CT molecular complexity index is 1680. The van der Waals surface area contributed by atoms with Crippen molar-refractivity contribution in [1.82, 2.24) is 40.7 Å². The summed E-state index contributed by atoms with van der Waals surface area (Å²) >= 11 is 2.52. The number of phenols is 1. The largest absolute Gasteiger partial charge is 1.00 e. The molecule has 220 valence electrons. The molecule has 0 radical (unpaired) electrons. The van der Waals surface area contributed by atoms with Crippen LogP contribution in [0.5, 0.6) is 5.75 Å². The van der Waals surface area contributed by atoms with E-state index in [1.54, 1.807) is 14.0 Å². The Morgan fingerprint density at radius 3 is 2.60 bits per heavy atom. The van der Waals surface area contributed by atoms with Crippen LogP contribution in [0.2, 0.25) is 0 Å². The third-order valence-electron chi connectivity index (χ3n) is 6.57. The maximum absolute atomic E-state index is 13.5. The van der Waals surface area contributed by atoms with Crippen LogP contribution >= 0.6 is 23.5 Å². The minimum Gasteiger partial charge on any atom is -1.00 e. The number of aromatic hydroxyl groups is 1. The number of hydrogen-bond acceptors (Lipinski definition) is 11. The van der Waals surface area contributed by atoms with Gasteiger partial charge in [0.25, 0.3) is 11.8 Å². The molecule has 0 saturated carbocycles. The molecule has 0 bridgehead atoms. The normalized spacial score (nSPS) is 18.2. The molecule has 3 aromatic rings. The zero-order chi connectivity index (χ0) is 30.1. The first kappa shape index (κ1) is 32.3. The molecular weight excluding hydrogens is 611 g/mol. The van der Waals surface area contributed by atoms with Gasteiger partial charge in [-0.05, 0) is 40.6 Å². The van der Waals surface area contributed by atoms with Crippen molar-refractivity contribution in [3.63, 3.8) is 0 Å². The number of aromatic nitrogens is 5. The topological polar surface area (TPSA) is 212 Å². The number of carbonyl (C=O) groups is 4. The van der Waals surface area contributed by atoms with E-state index in [0.29, 0.717) is 16.4 Å². The fourth-order valence-electron chi connectivity index (χ4n) is 4.45. The summed E-state index contributed by atoms with van der Waals surface area (Å²) in [6.07, 6.45) is 1.24. The fourth-order valence-corrected chi connectivity index (χ4v) is 6.79. The number of carboxylic acids is 1. The van der Waals surface area contributed by atoms with Crippen molar-refractivity contribution in [3.8, 4) is 5.75 Å². The van der Waals surface area contributed by atoms with Gasteiger partial charge in [-0.15, -0.1) is 16.9 Å². The summed E-state index contributed by atoms with van der Waals surface area (Å²) in [7, 11) is 1.65. The first-order valence-electron chi connectivity index (χ1n) is 12.4. The van der Waals surface area contributed by atoms with Crippen LogP contribution in [0.25, 0.3) is 0 Å². The van der Waals surface area contributed by atoms with Crippen LogP contribution < -0.4 is 45.6 Å². The molecule has 4 heterocycles. The minimum atomic E-state index is -1.34. The number of hydrogen-bond donors (Lipinski definition) is 5. The van der Waals surface area contributed by atoms with Gasteiger partial charge in [0.1, 0.15) is 34.5 Å². The molecule has 1 aromatic carbocycles. The van der Waals surface area contributed by atoms with E-state index in [0.717, 1.165) is 4.90 Å². The predicted molar refractivity (Wildman–Crippen MR) is 150 cm³/mol. The van der Waals surface area contributed by atoms with Crippen molar-refractivity contribution < 1.29 is 60.4 Å². The number of aliphatic carboxylic acids is 1. The van der Waals surface area contributed by atoms with Crippen molar-refractivity contribution in [2.75, 3.05) is 11.5 Å². The van der Waals surface area contributed by atoms with E-state index in [1.165, 1.54) is 64.7 Å². The molecule has 1 saturated heterocycles. The number of carbonyl (C=O) groups excluding carboxylic acids is 3. The molecule has 2 aliphatic rings. The van der Waals surface area contributed by atoms with E-state index >= 15 is 0 Å². The number of nitrogens with one attached hydrogen (secondary N) is 3. The van der Waals surface area contributed by atoms with Gasteiger partial charge in [0.05, 0.1) is 0 Å². The summed E-state index contributed by atoms with van der Waals surface area (Å²) in [5.74, 6) is -3.02. The molecule has 15 nitrogen and oxygen atoms in total.